The van der Waals surface area contributed by atoms with Crippen LogP contribution in [-0.4, -0.2) is 42.6 Å². The minimum absolute atomic E-state index is 0.200. The minimum atomic E-state index is -0.200. The molecule has 0 atom stereocenters. The molecule has 0 aromatic heterocycles. The summed E-state index contributed by atoms with van der Waals surface area (Å²) in [6.45, 7) is 12.4. The number of piperidine rings is 1. The molecule has 1 aliphatic rings. The number of aryl methyl sites for hydroxylation is 1. The summed E-state index contributed by atoms with van der Waals surface area (Å²) in [5, 5.41) is 0. The fraction of sp³-hybridized carbons (Fsp3) is 0.481. The lowest BCUT2D eigenvalue weighted by Gasteiger charge is -2.39. The number of nitrogens with zero attached hydrogens (tertiary/aromatic N) is 2. The molecule has 174 valence electrons. The second kappa shape index (κ2) is 11.9. The van der Waals surface area contributed by atoms with Gasteiger partial charge in [-0.25, -0.2) is 4.39 Å². The van der Waals surface area contributed by atoms with Crippen molar-refractivity contribution < 1.29 is 13.9 Å². The highest BCUT2D eigenvalue weighted by molar-refractivity contribution is 5.28. The lowest BCUT2D eigenvalue weighted by Crippen LogP contribution is -2.43. The van der Waals surface area contributed by atoms with Gasteiger partial charge in [-0.2, -0.15) is 0 Å². The summed E-state index contributed by atoms with van der Waals surface area (Å²) in [6.07, 6.45) is 4.30. The van der Waals surface area contributed by atoms with E-state index in [1.54, 1.807) is 6.07 Å². The normalized spacial score (nSPS) is 14.9. The molecule has 1 aliphatic heterocycles. The third-order valence-electron chi connectivity index (χ3n) is 6.19. The maximum absolute atomic E-state index is 13.6. The van der Waals surface area contributed by atoms with Crippen molar-refractivity contribution >= 4 is 0 Å². The van der Waals surface area contributed by atoms with Gasteiger partial charge in [-0.3, -0.25) is 0 Å². The molecular formula is C27H37FN2O2. The molecule has 4 nitrogen and oxygen atoms in total. The Morgan fingerprint density at radius 3 is 2.53 bits per heavy atom. The van der Waals surface area contributed by atoms with Crippen molar-refractivity contribution in [2.45, 2.75) is 58.7 Å². The molecule has 1 fully saturated rings. The van der Waals surface area contributed by atoms with Crippen molar-refractivity contribution in [3.63, 3.8) is 0 Å². The number of hydrogen-bond acceptors (Lipinski definition) is 4. The van der Waals surface area contributed by atoms with Crippen LogP contribution in [0.5, 0.6) is 5.75 Å². The highest BCUT2D eigenvalue weighted by Gasteiger charge is 2.25. The van der Waals surface area contributed by atoms with Gasteiger partial charge in [0.25, 0.3) is 0 Å². The SMILES string of the molecule is C=C(OCc1ccc(OCCCC)cc1)N(Cc1ccc(F)cc1C)C1CCN(C)CC1. The zero-order valence-electron chi connectivity index (χ0n) is 19.8. The van der Waals surface area contributed by atoms with Crippen LogP contribution in [0.2, 0.25) is 0 Å². The van der Waals surface area contributed by atoms with E-state index < -0.39 is 0 Å². The third kappa shape index (κ3) is 6.99. The average Bonchev–Trinajstić information content (AvgIpc) is 2.79. The van der Waals surface area contributed by atoms with Crippen LogP contribution in [0, 0.1) is 12.7 Å². The molecule has 0 radical (unpaired) electrons. The second-order valence-corrected chi connectivity index (χ2v) is 8.76. The largest absolute Gasteiger partial charge is 0.494 e. The Bertz CT molecular complexity index is 860. The van der Waals surface area contributed by atoms with Gasteiger partial charge in [-0.1, -0.05) is 31.5 Å². The first-order valence-corrected chi connectivity index (χ1v) is 11.7. The number of benzene rings is 2. The van der Waals surface area contributed by atoms with Crippen molar-refractivity contribution in [2.75, 3.05) is 26.7 Å². The highest BCUT2D eigenvalue weighted by Crippen LogP contribution is 2.25. The molecule has 0 saturated carbocycles. The number of likely N-dealkylation sites (tertiary alicyclic amines) is 1. The fourth-order valence-corrected chi connectivity index (χ4v) is 4.01. The molecular weight excluding hydrogens is 403 g/mol. The molecule has 1 heterocycles. The van der Waals surface area contributed by atoms with Gasteiger partial charge in [0, 0.05) is 12.6 Å². The Morgan fingerprint density at radius 1 is 1.16 bits per heavy atom. The van der Waals surface area contributed by atoms with E-state index in [0.717, 1.165) is 67.8 Å². The zero-order chi connectivity index (χ0) is 22.9. The Balaban J connectivity index is 1.64. The first-order valence-electron chi connectivity index (χ1n) is 11.7. The van der Waals surface area contributed by atoms with Crippen molar-refractivity contribution in [1.29, 1.82) is 0 Å². The lowest BCUT2D eigenvalue weighted by molar-refractivity contribution is 0.0492. The maximum atomic E-state index is 13.6. The molecule has 32 heavy (non-hydrogen) atoms. The van der Waals surface area contributed by atoms with E-state index in [-0.39, 0.29) is 5.82 Å². The fourth-order valence-electron chi connectivity index (χ4n) is 4.01. The van der Waals surface area contributed by atoms with E-state index >= 15 is 0 Å². The van der Waals surface area contributed by atoms with E-state index in [1.165, 1.54) is 6.07 Å². The first kappa shape index (κ1) is 24.1. The summed E-state index contributed by atoms with van der Waals surface area (Å²) >= 11 is 0. The summed E-state index contributed by atoms with van der Waals surface area (Å²) in [5.41, 5.74) is 3.13. The first-order chi connectivity index (χ1) is 15.5. The van der Waals surface area contributed by atoms with E-state index in [9.17, 15) is 4.39 Å². The molecule has 3 rings (SSSR count). The van der Waals surface area contributed by atoms with Crippen molar-refractivity contribution in [2.24, 2.45) is 0 Å². The highest BCUT2D eigenvalue weighted by atomic mass is 19.1. The van der Waals surface area contributed by atoms with E-state index in [1.807, 2.05) is 37.3 Å². The topological polar surface area (TPSA) is 24.9 Å². The molecule has 1 saturated heterocycles. The van der Waals surface area contributed by atoms with Gasteiger partial charge in [0.05, 0.1) is 6.61 Å². The molecule has 0 unspecified atom stereocenters. The zero-order valence-corrected chi connectivity index (χ0v) is 19.8. The van der Waals surface area contributed by atoms with E-state index in [4.69, 9.17) is 9.47 Å². The number of rotatable bonds is 11. The summed E-state index contributed by atoms with van der Waals surface area (Å²) in [7, 11) is 2.16. The predicted molar refractivity (Wildman–Crippen MR) is 128 cm³/mol. The standard InChI is InChI=1S/C27H37FN2O2/c1-5-6-17-31-27-11-7-23(8-12-27)20-32-22(3)30(26-13-15-29(4)16-14-26)19-24-9-10-25(28)18-21(24)2/h7-12,18,26H,3,5-6,13-17,19-20H2,1-2,4H3. The second-order valence-electron chi connectivity index (χ2n) is 8.76. The molecule has 2 aromatic rings. The van der Waals surface area contributed by atoms with Crippen LogP contribution in [0.1, 0.15) is 49.3 Å². The Hall–Kier alpha value is -2.53. The summed E-state index contributed by atoms with van der Waals surface area (Å²) in [5.74, 6) is 1.36. The van der Waals surface area contributed by atoms with Crippen molar-refractivity contribution in [3.05, 3.63) is 77.4 Å². The molecule has 0 N–H and O–H groups in total. The Kier molecular flexibility index (Phi) is 8.98. The summed E-state index contributed by atoms with van der Waals surface area (Å²) in [4.78, 5) is 4.61. The van der Waals surface area contributed by atoms with Crippen LogP contribution in [0.25, 0.3) is 0 Å². The third-order valence-corrected chi connectivity index (χ3v) is 6.19. The van der Waals surface area contributed by atoms with Gasteiger partial charge in [-0.15, -0.1) is 0 Å². The van der Waals surface area contributed by atoms with Crippen LogP contribution in [0.15, 0.2) is 54.9 Å². The van der Waals surface area contributed by atoms with Gasteiger partial charge in [0.15, 0.2) is 5.88 Å². The molecule has 2 aromatic carbocycles. The Morgan fingerprint density at radius 2 is 1.88 bits per heavy atom. The molecule has 0 amide bonds. The van der Waals surface area contributed by atoms with Gasteiger partial charge in [0.1, 0.15) is 18.2 Å². The van der Waals surface area contributed by atoms with Gasteiger partial charge < -0.3 is 19.3 Å². The number of halogens is 1. The number of hydrogen-bond donors (Lipinski definition) is 0. The van der Waals surface area contributed by atoms with Crippen molar-refractivity contribution in [3.8, 4) is 5.75 Å². The molecule has 0 spiro atoms. The Labute approximate surface area is 192 Å². The van der Waals surface area contributed by atoms with Crippen LogP contribution < -0.4 is 4.74 Å². The molecule has 0 bridgehead atoms. The van der Waals surface area contributed by atoms with Crippen molar-refractivity contribution in [1.82, 2.24) is 9.80 Å². The number of ether oxygens (including phenoxy) is 2. The van der Waals surface area contributed by atoms with Gasteiger partial charge in [-0.05, 0) is 93.9 Å². The monoisotopic (exact) mass is 440 g/mol. The van der Waals surface area contributed by atoms with Crippen LogP contribution in [0.3, 0.4) is 0 Å². The summed E-state index contributed by atoms with van der Waals surface area (Å²) in [6, 6.07) is 13.4. The van der Waals surface area contributed by atoms with Gasteiger partial charge >= 0.3 is 0 Å². The maximum Gasteiger partial charge on any atom is 0.182 e. The smallest absolute Gasteiger partial charge is 0.182 e. The number of unbranched alkanes of at least 4 members (excludes halogenated alkanes) is 1. The van der Waals surface area contributed by atoms with E-state index in [2.05, 4.69) is 30.4 Å². The average molecular weight is 441 g/mol. The summed E-state index contributed by atoms with van der Waals surface area (Å²) < 4.78 is 25.5. The molecule has 0 aliphatic carbocycles. The predicted octanol–water partition coefficient (Wildman–Crippen LogP) is 5.90. The van der Waals surface area contributed by atoms with Crippen LogP contribution >= 0.6 is 0 Å². The quantitative estimate of drug-likeness (QED) is 0.321. The minimum Gasteiger partial charge on any atom is -0.494 e. The van der Waals surface area contributed by atoms with Crippen LogP contribution in [-0.2, 0) is 17.9 Å². The van der Waals surface area contributed by atoms with E-state index in [0.29, 0.717) is 25.1 Å². The lowest BCUT2D eigenvalue weighted by atomic mass is 10.0. The van der Waals surface area contributed by atoms with Crippen LogP contribution in [0.4, 0.5) is 4.39 Å². The molecule has 5 heteroatoms. The van der Waals surface area contributed by atoms with Gasteiger partial charge in [0.2, 0.25) is 0 Å².